The van der Waals surface area contributed by atoms with Gasteiger partial charge in [-0.3, -0.25) is 9.63 Å². The fourth-order valence-electron chi connectivity index (χ4n) is 2.08. The summed E-state index contributed by atoms with van der Waals surface area (Å²) in [6.07, 6.45) is 5.43. The van der Waals surface area contributed by atoms with E-state index in [0.29, 0.717) is 12.4 Å². The lowest BCUT2D eigenvalue weighted by molar-refractivity contribution is -0.766. The van der Waals surface area contributed by atoms with Crippen molar-refractivity contribution in [1.82, 2.24) is 5.06 Å². The molecule has 1 aromatic rings. The van der Waals surface area contributed by atoms with Crippen molar-refractivity contribution in [1.29, 1.82) is 0 Å². The summed E-state index contributed by atoms with van der Waals surface area (Å²) in [4.78, 5) is 22.6. The summed E-state index contributed by atoms with van der Waals surface area (Å²) in [5.41, 5.74) is 1.17. The number of hydroxylamine groups is 2. The molecule has 1 atom stereocenters. The minimum atomic E-state index is -0.206. The maximum atomic E-state index is 12.1. The molecule has 1 amide bonds. The van der Waals surface area contributed by atoms with Crippen LogP contribution in [0.4, 0.5) is 5.69 Å². The SMILES string of the molecule is CON1C=CC2=NC(C(=O)Nc3ccccc3)=C[NH+]2C1. The molecule has 0 spiro atoms. The molecule has 2 N–H and O–H groups in total. The van der Waals surface area contributed by atoms with Crippen LogP contribution in [-0.4, -0.2) is 30.6 Å². The highest BCUT2D eigenvalue weighted by Gasteiger charge is 2.29. The topological polar surface area (TPSA) is 58.4 Å². The highest BCUT2D eigenvalue weighted by Crippen LogP contribution is 2.10. The average molecular weight is 271 g/mol. The number of anilines is 1. The molecule has 20 heavy (non-hydrogen) atoms. The van der Waals surface area contributed by atoms with Crippen LogP contribution in [0.2, 0.25) is 0 Å². The Morgan fingerprint density at radius 2 is 2.20 bits per heavy atom. The first-order valence-electron chi connectivity index (χ1n) is 6.28. The Labute approximate surface area is 116 Å². The molecule has 6 heteroatoms. The number of carbonyl (C=O) groups excluding carboxylic acids is 1. The fraction of sp³-hybridized carbons (Fsp3) is 0.143. The molecule has 0 aromatic heterocycles. The van der Waals surface area contributed by atoms with Gasteiger partial charge in [0.1, 0.15) is 6.20 Å². The molecule has 102 valence electrons. The number of rotatable bonds is 3. The van der Waals surface area contributed by atoms with Crippen molar-refractivity contribution in [2.45, 2.75) is 0 Å². The zero-order chi connectivity index (χ0) is 13.9. The lowest BCUT2D eigenvalue weighted by Gasteiger charge is -2.23. The van der Waals surface area contributed by atoms with E-state index < -0.39 is 0 Å². The van der Waals surface area contributed by atoms with E-state index in [9.17, 15) is 4.79 Å². The number of aliphatic imine (C=N–C) groups is 1. The molecule has 0 saturated heterocycles. The fourth-order valence-corrected chi connectivity index (χ4v) is 2.08. The molecule has 3 rings (SSSR count). The normalized spacial score (nSPS) is 20.2. The maximum Gasteiger partial charge on any atom is 0.280 e. The van der Waals surface area contributed by atoms with Crippen molar-refractivity contribution in [2.24, 2.45) is 4.99 Å². The zero-order valence-corrected chi connectivity index (χ0v) is 11.0. The van der Waals surface area contributed by atoms with Crippen LogP contribution in [0.1, 0.15) is 0 Å². The van der Waals surface area contributed by atoms with E-state index in [1.165, 1.54) is 0 Å². The van der Waals surface area contributed by atoms with E-state index in [2.05, 4.69) is 10.3 Å². The number of hydrogen-bond acceptors (Lipinski definition) is 4. The van der Waals surface area contributed by atoms with E-state index in [0.717, 1.165) is 16.4 Å². The predicted molar refractivity (Wildman–Crippen MR) is 74.4 cm³/mol. The van der Waals surface area contributed by atoms with Crippen LogP contribution in [0.25, 0.3) is 0 Å². The van der Waals surface area contributed by atoms with Crippen LogP contribution in [0.15, 0.2) is 59.5 Å². The van der Waals surface area contributed by atoms with Gasteiger partial charge in [0, 0.05) is 18.0 Å². The quantitative estimate of drug-likeness (QED) is 0.820. The van der Waals surface area contributed by atoms with Crippen LogP contribution >= 0.6 is 0 Å². The lowest BCUT2D eigenvalue weighted by Crippen LogP contribution is -3.11. The van der Waals surface area contributed by atoms with E-state index >= 15 is 0 Å². The van der Waals surface area contributed by atoms with Crippen molar-refractivity contribution in [3.05, 3.63) is 54.5 Å². The molecule has 2 heterocycles. The van der Waals surface area contributed by atoms with Gasteiger partial charge in [0.05, 0.1) is 7.11 Å². The minimum absolute atomic E-state index is 0.206. The van der Waals surface area contributed by atoms with Crippen LogP contribution in [0, 0.1) is 0 Å². The molecular formula is C14H15N4O2+. The van der Waals surface area contributed by atoms with Gasteiger partial charge in [-0.25, -0.2) is 9.96 Å². The molecule has 0 aliphatic carbocycles. The Hall–Kier alpha value is -2.44. The Morgan fingerprint density at radius 1 is 1.40 bits per heavy atom. The standard InChI is InChI=1S/C14H14N4O2/c1-20-18-8-7-13-16-12(9-17(13)10-18)14(19)15-11-5-3-2-4-6-11/h2-9H,10H2,1H3,(H,15,19)/p+1. The number of carbonyl (C=O) groups is 1. The number of quaternary nitrogens is 1. The van der Waals surface area contributed by atoms with Gasteiger partial charge in [-0.05, 0) is 12.1 Å². The third kappa shape index (κ3) is 2.47. The Bertz CT molecular complexity index is 607. The van der Waals surface area contributed by atoms with E-state index in [-0.39, 0.29) is 5.91 Å². The molecule has 0 radical (unpaired) electrons. The van der Waals surface area contributed by atoms with Crippen molar-refractivity contribution < 1.29 is 14.5 Å². The molecule has 0 saturated carbocycles. The van der Waals surface area contributed by atoms with Gasteiger partial charge in [-0.2, -0.15) is 4.99 Å². The summed E-state index contributed by atoms with van der Waals surface area (Å²) in [6, 6.07) is 9.33. The van der Waals surface area contributed by atoms with Crippen molar-refractivity contribution in [2.75, 3.05) is 19.1 Å². The third-order valence-electron chi connectivity index (χ3n) is 3.10. The van der Waals surface area contributed by atoms with Gasteiger partial charge in [0.2, 0.25) is 5.84 Å². The first kappa shape index (κ1) is 12.6. The first-order valence-corrected chi connectivity index (χ1v) is 6.28. The third-order valence-corrected chi connectivity index (χ3v) is 3.10. The minimum Gasteiger partial charge on any atom is -0.320 e. The molecule has 1 unspecified atom stereocenters. The zero-order valence-electron chi connectivity index (χ0n) is 11.0. The molecule has 6 nitrogen and oxygen atoms in total. The summed E-state index contributed by atoms with van der Waals surface area (Å²) in [7, 11) is 1.61. The van der Waals surface area contributed by atoms with Gasteiger partial charge < -0.3 is 5.32 Å². The average Bonchev–Trinajstić information content (AvgIpc) is 2.91. The molecule has 0 bridgehead atoms. The second-order valence-corrected chi connectivity index (χ2v) is 4.45. The van der Waals surface area contributed by atoms with Gasteiger partial charge in [-0.1, -0.05) is 18.2 Å². The van der Waals surface area contributed by atoms with E-state index in [4.69, 9.17) is 4.84 Å². The number of benzene rings is 1. The van der Waals surface area contributed by atoms with Crippen LogP contribution in [0.3, 0.4) is 0 Å². The Balaban J connectivity index is 1.72. The van der Waals surface area contributed by atoms with Gasteiger partial charge >= 0.3 is 0 Å². The molecule has 1 aromatic carbocycles. The monoisotopic (exact) mass is 271 g/mol. The molecule has 2 aliphatic rings. The first-order chi connectivity index (χ1) is 9.76. The van der Waals surface area contributed by atoms with Gasteiger partial charge in [0.15, 0.2) is 12.4 Å². The molecular weight excluding hydrogens is 256 g/mol. The number of nitrogens with one attached hydrogen (secondary N) is 2. The number of fused-ring (bicyclic) bond motifs is 1. The van der Waals surface area contributed by atoms with Crippen molar-refractivity contribution in [3.63, 3.8) is 0 Å². The second-order valence-electron chi connectivity index (χ2n) is 4.45. The Kier molecular flexibility index (Phi) is 3.32. The van der Waals surface area contributed by atoms with Crippen molar-refractivity contribution >= 4 is 17.4 Å². The lowest BCUT2D eigenvalue weighted by atomic mass is 10.3. The van der Waals surface area contributed by atoms with E-state index in [1.807, 2.05) is 36.4 Å². The maximum absolute atomic E-state index is 12.1. The summed E-state index contributed by atoms with van der Waals surface area (Å²) in [5.74, 6) is 0.611. The predicted octanol–water partition coefficient (Wildman–Crippen LogP) is 0.112. The van der Waals surface area contributed by atoms with Gasteiger partial charge in [-0.15, -0.1) is 0 Å². The van der Waals surface area contributed by atoms with Crippen LogP contribution in [-0.2, 0) is 9.63 Å². The second kappa shape index (κ2) is 5.28. The van der Waals surface area contributed by atoms with Crippen LogP contribution in [0.5, 0.6) is 0 Å². The smallest absolute Gasteiger partial charge is 0.280 e. The summed E-state index contributed by atoms with van der Waals surface area (Å²) < 4.78 is 0. The number of amides is 1. The number of amidine groups is 1. The summed E-state index contributed by atoms with van der Waals surface area (Å²) >= 11 is 0. The number of para-hydroxylation sites is 1. The molecule has 0 fully saturated rings. The highest BCUT2D eigenvalue weighted by molar-refractivity contribution is 6.06. The summed E-state index contributed by atoms with van der Waals surface area (Å²) in [6.45, 7) is 0.591. The summed E-state index contributed by atoms with van der Waals surface area (Å²) in [5, 5.41) is 4.51. The van der Waals surface area contributed by atoms with Crippen LogP contribution < -0.4 is 10.2 Å². The van der Waals surface area contributed by atoms with Gasteiger partial charge in [0.25, 0.3) is 5.91 Å². The molecule has 2 aliphatic heterocycles. The highest BCUT2D eigenvalue weighted by atomic mass is 16.7. The number of nitrogens with zero attached hydrogens (tertiary/aromatic N) is 2. The Morgan fingerprint density at radius 3 is 2.95 bits per heavy atom. The largest absolute Gasteiger partial charge is 0.320 e. The number of hydrogen-bond donors (Lipinski definition) is 2. The van der Waals surface area contributed by atoms with Crippen molar-refractivity contribution in [3.8, 4) is 0 Å². The van der Waals surface area contributed by atoms with E-state index in [1.54, 1.807) is 24.6 Å².